The summed E-state index contributed by atoms with van der Waals surface area (Å²) < 4.78 is 20.5. The van der Waals surface area contributed by atoms with Gasteiger partial charge in [-0.05, 0) is 42.0 Å². The molecule has 0 aliphatic heterocycles. The predicted octanol–water partition coefficient (Wildman–Crippen LogP) is 6.23. The number of rotatable bonds is 5. The van der Waals surface area contributed by atoms with Crippen molar-refractivity contribution in [3.8, 4) is 33.9 Å². The average molecular weight is 501 g/mol. The van der Waals surface area contributed by atoms with Gasteiger partial charge in [0.05, 0.1) is 10.7 Å². The maximum Gasteiger partial charge on any atom is 0.220 e. The van der Waals surface area contributed by atoms with Gasteiger partial charge in [-0.2, -0.15) is 0 Å². The van der Waals surface area contributed by atoms with Crippen molar-refractivity contribution in [1.29, 1.82) is 0 Å². The number of halogens is 3. The van der Waals surface area contributed by atoms with Crippen molar-refractivity contribution < 1.29 is 14.2 Å². The quantitative estimate of drug-likeness (QED) is 0.339. The number of hydrogen-bond acceptors (Lipinski definition) is 5. The summed E-state index contributed by atoms with van der Waals surface area (Å²) in [5, 5.41) is 10.9. The fraction of sp³-hybridized carbons (Fsp3) is 0.0435. The summed E-state index contributed by atoms with van der Waals surface area (Å²) in [5.74, 6) is -0.0740. The van der Waals surface area contributed by atoms with Crippen LogP contribution in [0.25, 0.3) is 22.4 Å². The molecule has 0 atom stereocenters. The van der Waals surface area contributed by atoms with Gasteiger partial charge in [0.1, 0.15) is 23.9 Å². The first-order valence-electron chi connectivity index (χ1n) is 9.20. The first kappa shape index (κ1) is 21.1. The number of anilines is 1. The van der Waals surface area contributed by atoms with Crippen molar-refractivity contribution in [1.82, 2.24) is 9.97 Å². The lowest BCUT2D eigenvalue weighted by molar-refractivity contribution is 0.298. The zero-order valence-corrected chi connectivity index (χ0v) is 18.4. The highest BCUT2D eigenvalue weighted by molar-refractivity contribution is 9.10. The van der Waals surface area contributed by atoms with E-state index in [1.807, 2.05) is 24.3 Å². The van der Waals surface area contributed by atoms with Crippen LogP contribution < -0.4 is 10.5 Å². The summed E-state index contributed by atoms with van der Waals surface area (Å²) in [6, 6.07) is 16.8. The maximum atomic E-state index is 13.9. The standard InChI is InChI=1S/C23H16BrClFN3O2/c24-14-6-4-13(5-7-14)17-11-28-23(27)29-22(17)16-9-8-15(10-21(16)30)31-12-18-19(25)2-1-3-20(18)26/h1-11,30H,12H2,(H2,27,28,29). The number of benzene rings is 3. The summed E-state index contributed by atoms with van der Waals surface area (Å²) in [4.78, 5) is 8.43. The predicted molar refractivity (Wildman–Crippen MR) is 122 cm³/mol. The third-order valence-corrected chi connectivity index (χ3v) is 5.51. The third kappa shape index (κ3) is 4.62. The molecule has 0 aliphatic carbocycles. The second kappa shape index (κ2) is 8.91. The number of aromatic nitrogens is 2. The van der Waals surface area contributed by atoms with Gasteiger partial charge >= 0.3 is 0 Å². The van der Waals surface area contributed by atoms with Gasteiger partial charge in [0.2, 0.25) is 5.95 Å². The topological polar surface area (TPSA) is 81.3 Å². The average Bonchev–Trinajstić information content (AvgIpc) is 2.74. The van der Waals surface area contributed by atoms with Crippen LogP contribution in [-0.4, -0.2) is 15.1 Å². The molecule has 8 heteroatoms. The third-order valence-electron chi connectivity index (χ3n) is 4.63. The number of ether oxygens (including phenoxy) is 1. The second-order valence-electron chi connectivity index (χ2n) is 6.67. The highest BCUT2D eigenvalue weighted by Crippen LogP contribution is 2.38. The van der Waals surface area contributed by atoms with Crippen LogP contribution >= 0.6 is 27.5 Å². The molecule has 156 valence electrons. The Bertz CT molecular complexity index is 1230. The molecule has 0 bridgehead atoms. The number of nitrogen functional groups attached to an aromatic ring is 1. The van der Waals surface area contributed by atoms with E-state index in [-0.39, 0.29) is 28.9 Å². The molecule has 0 aliphatic rings. The van der Waals surface area contributed by atoms with E-state index >= 15 is 0 Å². The van der Waals surface area contributed by atoms with Crippen LogP contribution in [0.3, 0.4) is 0 Å². The molecule has 3 aromatic carbocycles. The lowest BCUT2D eigenvalue weighted by Crippen LogP contribution is -2.00. The minimum Gasteiger partial charge on any atom is -0.507 e. The Morgan fingerprint density at radius 2 is 1.84 bits per heavy atom. The van der Waals surface area contributed by atoms with Gasteiger partial charge in [0.15, 0.2) is 0 Å². The fourth-order valence-electron chi connectivity index (χ4n) is 3.07. The van der Waals surface area contributed by atoms with Gasteiger partial charge in [-0.15, -0.1) is 0 Å². The summed E-state index contributed by atoms with van der Waals surface area (Å²) in [7, 11) is 0. The molecule has 0 saturated carbocycles. The molecule has 0 amide bonds. The van der Waals surface area contributed by atoms with E-state index in [1.165, 1.54) is 18.2 Å². The van der Waals surface area contributed by atoms with Gasteiger partial charge in [-0.3, -0.25) is 0 Å². The van der Waals surface area contributed by atoms with E-state index in [9.17, 15) is 9.50 Å². The first-order valence-corrected chi connectivity index (χ1v) is 10.4. The smallest absolute Gasteiger partial charge is 0.220 e. The van der Waals surface area contributed by atoms with Gasteiger partial charge < -0.3 is 15.6 Å². The summed E-state index contributed by atoms with van der Waals surface area (Å²) in [6.45, 7) is -0.0745. The molecule has 0 radical (unpaired) electrons. The summed E-state index contributed by atoms with van der Waals surface area (Å²) >= 11 is 9.45. The van der Waals surface area contributed by atoms with Crippen LogP contribution in [0, 0.1) is 5.82 Å². The van der Waals surface area contributed by atoms with E-state index in [1.54, 1.807) is 24.4 Å². The normalized spacial score (nSPS) is 10.8. The van der Waals surface area contributed by atoms with Crippen molar-refractivity contribution in [2.45, 2.75) is 6.61 Å². The molecule has 31 heavy (non-hydrogen) atoms. The molecule has 1 heterocycles. The zero-order chi connectivity index (χ0) is 22.0. The molecule has 0 saturated heterocycles. The molecule has 4 rings (SSSR count). The van der Waals surface area contributed by atoms with E-state index in [4.69, 9.17) is 22.1 Å². The van der Waals surface area contributed by atoms with Crippen molar-refractivity contribution in [2.75, 3.05) is 5.73 Å². The van der Waals surface area contributed by atoms with E-state index in [2.05, 4.69) is 25.9 Å². The lowest BCUT2D eigenvalue weighted by Gasteiger charge is -2.13. The molecule has 5 nitrogen and oxygen atoms in total. The Morgan fingerprint density at radius 3 is 2.55 bits per heavy atom. The van der Waals surface area contributed by atoms with Crippen LogP contribution in [0.1, 0.15) is 5.56 Å². The molecular formula is C23H16BrClFN3O2. The van der Waals surface area contributed by atoms with Crippen LogP contribution in [0.5, 0.6) is 11.5 Å². The Labute approximate surface area is 191 Å². The van der Waals surface area contributed by atoms with Gasteiger partial charge in [0.25, 0.3) is 0 Å². The van der Waals surface area contributed by atoms with Gasteiger partial charge in [0, 0.05) is 33.4 Å². The summed E-state index contributed by atoms with van der Waals surface area (Å²) in [5.41, 5.74) is 8.57. The molecular weight excluding hydrogens is 485 g/mol. The fourth-order valence-corrected chi connectivity index (χ4v) is 3.55. The Kier molecular flexibility index (Phi) is 6.06. The number of phenols is 1. The molecule has 0 unspecified atom stereocenters. The minimum atomic E-state index is -0.455. The highest BCUT2D eigenvalue weighted by atomic mass is 79.9. The Morgan fingerprint density at radius 1 is 1.06 bits per heavy atom. The molecule has 0 spiro atoms. The number of aromatic hydroxyl groups is 1. The van der Waals surface area contributed by atoms with E-state index in [0.717, 1.165) is 10.0 Å². The number of nitrogens with zero attached hydrogens (tertiary/aromatic N) is 2. The van der Waals surface area contributed by atoms with Crippen LogP contribution in [-0.2, 0) is 6.61 Å². The highest BCUT2D eigenvalue weighted by Gasteiger charge is 2.16. The minimum absolute atomic E-state index is 0.0615. The summed E-state index contributed by atoms with van der Waals surface area (Å²) in [6.07, 6.45) is 1.62. The number of hydrogen-bond donors (Lipinski definition) is 2. The lowest BCUT2D eigenvalue weighted by atomic mass is 10.00. The van der Waals surface area contributed by atoms with Gasteiger partial charge in [-0.1, -0.05) is 45.7 Å². The SMILES string of the molecule is Nc1ncc(-c2ccc(Br)cc2)c(-c2ccc(OCc3c(F)cccc3Cl)cc2O)n1. The number of nitrogens with two attached hydrogens (primary N) is 1. The molecule has 4 aromatic rings. The number of phenolic OH excluding ortho intramolecular Hbond substituents is 1. The maximum absolute atomic E-state index is 13.9. The van der Waals surface area contributed by atoms with Crippen LogP contribution in [0.2, 0.25) is 5.02 Å². The first-order chi connectivity index (χ1) is 14.9. The zero-order valence-electron chi connectivity index (χ0n) is 16.0. The monoisotopic (exact) mass is 499 g/mol. The molecule has 1 aromatic heterocycles. The van der Waals surface area contributed by atoms with Gasteiger partial charge in [-0.25, -0.2) is 14.4 Å². The molecule has 3 N–H and O–H groups in total. The van der Waals surface area contributed by atoms with Crippen LogP contribution in [0.15, 0.2) is 71.3 Å². The van der Waals surface area contributed by atoms with E-state index in [0.29, 0.717) is 22.6 Å². The van der Waals surface area contributed by atoms with Crippen molar-refractivity contribution in [3.63, 3.8) is 0 Å². The second-order valence-corrected chi connectivity index (χ2v) is 7.99. The van der Waals surface area contributed by atoms with E-state index < -0.39 is 5.82 Å². The Balaban J connectivity index is 1.66. The largest absolute Gasteiger partial charge is 0.507 e. The molecule has 0 fully saturated rings. The Hall–Kier alpha value is -3.16. The van der Waals surface area contributed by atoms with Crippen molar-refractivity contribution in [2.24, 2.45) is 0 Å². The van der Waals surface area contributed by atoms with Crippen LogP contribution in [0.4, 0.5) is 10.3 Å². The van der Waals surface area contributed by atoms with Crippen molar-refractivity contribution >= 4 is 33.5 Å². The van der Waals surface area contributed by atoms with Crippen molar-refractivity contribution in [3.05, 3.63) is 87.7 Å².